The van der Waals surface area contributed by atoms with Gasteiger partial charge in [-0.1, -0.05) is 30.3 Å². The molecule has 2 aromatic rings. The molecule has 0 aromatic heterocycles. The Labute approximate surface area is 143 Å². The van der Waals surface area contributed by atoms with Gasteiger partial charge in [0.05, 0.1) is 6.04 Å². The summed E-state index contributed by atoms with van der Waals surface area (Å²) < 4.78 is 17.1. The van der Waals surface area contributed by atoms with E-state index in [1.54, 1.807) is 0 Å². The van der Waals surface area contributed by atoms with Gasteiger partial charge in [-0.2, -0.15) is 0 Å². The number of hydrogen-bond acceptors (Lipinski definition) is 4. The van der Waals surface area contributed by atoms with Crippen molar-refractivity contribution in [1.29, 1.82) is 0 Å². The number of rotatable bonds is 5. The first-order valence-corrected chi connectivity index (χ1v) is 7.48. The molecule has 4 nitrogen and oxygen atoms in total. The first-order valence-electron chi connectivity index (χ1n) is 7.48. The first kappa shape index (κ1) is 17.4. The molecule has 0 spiro atoms. The number of hydrogen-bond donors (Lipinski definition) is 0. The molecule has 1 unspecified atom stereocenters. The second-order valence-electron chi connectivity index (χ2n) is 5.51. The van der Waals surface area contributed by atoms with E-state index in [0.29, 0.717) is 19.8 Å². The van der Waals surface area contributed by atoms with Crippen LogP contribution >= 0.6 is 0 Å². The molecular formula is C18H21ClNO3-. The van der Waals surface area contributed by atoms with Gasteiger partial charge in [-0.15, -0.1) is 0 Å². The van der Waals surface area contributed by atoms with Crippen molar-refractivity contribution in [3.63, 3.8) is 0 Å². The van der Waals surface area contributed by atoms with E-state index in [4.69, 9.17) is 14.2 Å². The van der Waals surface area contributed by atoms with Crippen LogP contribution in [0.15, 0.2) is 48.5 Å². The number of likely N-dealkylation sites (N-methyl/N-ethyl adjacent to an activating group) is 1. The number of halogens is 1. The van der Waals surface area contributed by atoms with Crippen molar-refractivity contribution in [1.82, 2.24) is 4.90 Å². The van der Waals surface area contributed by atoms with Gasteiger partial charge in [0, 0.05) is 6.07 Å². The summed E-state index contributed by atoms with van der Waals surface area (Å²) in [6.45, 7) is 1.77. The van der Waals surface area contributed by atoms with E-state index >= 15 is 0 Å². The molecule has 1 atom stereocenters. The number of nitrogens with zero attached hydrogens (tertiary/aromatic N) is 1. The Morgan fingerprint density at radius 2 is 1.70 bits per heavy atom. The molecule has 0 N–H and O–H groups in total. The summed E-state index contributed by atoms with van der Waals surface area (Å²) in [7, 11) is 4.12. The fraction of sp³-hybridized carbons (Fsp3) is 0.333. The van der Waals surface area contributed by atoms with Gasteiger partial charge in [0.2, 0.25) is 0 Å². The van der Waals surface area contributed by atoms with Crippen LogP contribution in [0.2, 0.25) is 0 Å². The lowest BCUT2D eigenvalue weighted by atomic mass is 10.1. The predicted molar refractivity (Wildman–Crippen MR) is 85.8 cm³/mol. The fourth-order valence-electron chi connectivity index (χ4n) is 2.51. The average Bonchev–Trinajstić information content (AvgIpc) is 2.55. The Bertz CT molecular complexity index is 619. The molecule has 1 heterocycles. The predicted octanol–water partition coefficient (Wildman–Crippen LogP) is 0.143. The molecule has 0 aliphatic carbocycles. The highest BCUT2D eigenvalue weighted by Gasteiger charge is 2.16. The Morgan fingerprint density at radius 1 is 1.00 bits per heavy atom. The molecule has 0 saturated heterocycles. The Morgan fingerprint density at radius 3 is 2.39 bits per heavy atom. The number of ether oxygens (including phenoxy) is 3. The van der Waals surface area contributed by atoms with Crippen LogP contribution in [-0.4, -0.2) is 38.8 Å². The lowest BCUT2D eigenvalue weighted by Crippen LogP contribution is -3.00. The molecule has 2 aromatic carbocycles. The summed E-state index contributed by atoms with van der Waals surface area (Å²) in [6.07, 6.45) is 0. The van der Waals surface area contributed by atoms with Gasteiger partial charge in [0.1, 0.15) is 25.6 Å². The molecule has 0 fully saturated rings. The first-order chi connectivity index (χ1) is 10.7. The molecule has 5 heteroatoms. The van der Waals surface area contributed by atoms with E-state index in [2.05, 4.69) is 43.3 Å². The van der Waals surface area contributed by atoms with Crippen molar-refractivity contribution in [2.75, 3.05) is 33.9 Å². The summed E-state index contributed by atoms with van der Waals surface area (Å²) in [5, 5.41) is 0. The molecule has 23 heavy (non-hydrogen) atoms. The molecular weight excluding hydrogens is 314 g/mol. The molecule has 0 radical (unpaired) electrons. The molecule has 0 bridgehead atoms. The average molecular weight is 335 g/mol. The SMILES string of the molecule is CN(C)C(COc1ccc2c(c1)OCCO2)c1ccccc1.[Cl-]. The van der Waals surface area contributed by atoms with Crippen molar-refractivity contribution < 1.29 is 26.6 Å². The highest BCUT2D eigenvalue weighted by atomic mass is 35.5. The third-order valence-electron chi connectivity index (χ3n) is 3.73. The molecule has 124 valence electrons. The van der Waals surface area contributed by atoms with Gasteiger partial charge in [-0.05, 0) is 31.8 Å². The van der Waals surface area contributed by atoms with Crippen LogP contribution < -0.4 is 26.6 Å². The second kappa shape index (κ2) is 8.09. The van der Waals surface area contributed by atoms with Crippen molar-refractivity contribution in [3.8, 4) is 17.2 Å². The van der Waals surface area contributed by atoms with E-state index < -0.39 is 0 Å². The van der Waals surface area contributed by atoms with Gasteiger partial charge < -0.3 is 26.6 Å². The largest absolute Gasteiger partial charge is 1.00 e. The second-order valence-corrected chi connectivity index (χ2v) is 5.51. The normalized spacial score (nSPS) is 14.0. The summed E-state index contributed by atoms with van der Waals surface area (Å²) in [4.78, 5) is 2.16. The third kappa shape index (κ3) is 4.30. The van der Waals surface area contributed by atoms with Crippen LogP contribution in [0.5, 0.6) is 17.2 Å². The van der Waals surface area contributed by atoms with Crippen molar-refractivity contribution in [2.24, 2.45) is 0 Å². The summed E-state index contributed by atoms with van der Waals surface area (Å²) in [5.74, 6) is 2.34. The van der Waals surface area contributed by atoms with Gasteiger partial charge in [0.25, 0.3) is 0 Å². The van der Waals surface area contributed by atoms with Crippen molar-refractivity contribution in [3.05, 3.63) is 54.1 Å². The minimum atomic E-state index is 0. The highest BCUT2D eigenvalue weighted by molar-refractivity contribution is 5.46. The van der Waals surface area contributed by atoms with Crippen LogP contribution in [0.1, 0.15) is 11.6 Å². The molecule has 0 amide bonds. The van der Waals surface area contributed by atoms with Crippen LogP contribution in [0, 0.1) is 0 Å². The van der Waals surface area contributed by atoms with Crippen LogP contribution in [0.25, 0.3) is 0 Å². The van der Waals surface area contributed by atoms with Crippen LogP contribution in [0.3, 0.4) is 0 Å². The van der Waals surface area contributed by atoms with Gasteiger partial charge >= 0.3 is 0 Å². The molecule has 1 aliphatic heterocycles. The van der Waals surface area contributed by atoms with E-state index in [1.165, 1.54) is 5.56 Å². The Balaban J connectivity index is 0.00000192. The van der Waals surface area contributed by atoms with Gasteiger partial charge in [-0.25, -0.2) is 0 Å². The lowest BCUT2D eigenvalue weighted by molar-refractivity contribution is -0.00000570. The Kier molecular flexibility index (Phi) is 6.13. The zero-order valence-corrected chi connectivity index (χ0v) is 14.1. The summed E-state index contributed by atoms with van der Waals surface area (Å²) in [5.41, 5.74) is 1.24. The summed E-state index contributed by atoms with van der Waals surface area (Å²) in [6, 6.07) is 16.3. The van der Waals surface area contributed by atoms with Crippen molar-refractivity contribution in [2.45, 2.75) is 6.04 Å². The Hall–Kier alpha value is -1.91. The molecule has 0 saturated carbocycles. The maximum Gasteiger partial charge on any atom is 0.165 e. The quantitative estimate of drug-likeness (QED) is 0.778. The van der Waals surface area contributed by atoms with E-state index in [0.717, 1.165) is 17.2 Å². The number of benzene rings is 2. The topological polar surface area (TPSA) is 30.9 Å². The molecule has 3 rings (SSSR count). The van der Waals surface area contributed by atoms with Gasteiger partial charge in [0.15, 0.2) is 11.5 Å². The monoisotopic (exact) mass is 334 g/mol. The minimum absolute atomic E-state index is 0. The third-order valence-corrected chi connectivity index (χ3v) is 3.73. The van der Waals surface area contributed by atoms with Crippen LogP contribution in [-0.2, 0) is 0 Å². The maximum atomic E-state index is 5.97. The van der Waals surface area contributed by atoms with Crippen LogP contribution in [0.4, 0.5) is 0 Å². The lowest BCUT2D eigenvalue weighted by Gasteiger charge is -2.25. The van der Waals surface area contributed by atoms with E-state index in [-0.39, 0.29) is 18.4 Å². The zero-order chi connectivity index (χ0) is 15.4. The molecule has 1 aliphatic rings. The zero-order valence-electron chi connectivity index (χ0n) is 13.4. The minimum Gasteiger partial charge on any atom is -1.00 e. The van der Waals surface area contributed by atoms with Crippen molar-refractivity contribution >= 4 is 0 Å². The van der Waals surface area contributed by atoms with E-state index in [9.17, 15) is 0 Å². The smallest absolute Gasteiger partial charge is 0.165 e. The fourth-order valence-corrected chi connectivity index (χ4v) is 2.51. The highest BCUT2D eigenvalue weighted by Crippen LogP contribution is 2.34. The van der Waals surface area contributed by atoms with Gasteiger partial charge in [-0.3, -0.25) is 4.90 Å². The summed E-state index contributed by atoms with van der Waals surface area (Å²) >= 11 is 0. The standard InChI is InChI=1S/C18H21NO3.ClH/c1-19(2)16(14-6-4-3-5-7-14)13-22-15-8-9-17-18(12-15)21-11-10-20-17;/h3-9,12,16H,10-11,13H2,1-2H3;1H/p-1. The van der Waals surface area contributed by atoms with E-state index in [1.807, 2.05) is 24.3 Å². The number of fused-ring (bicyclic) bond motifs is 1. The maximum absolute atomic E-state index is 5.97.